The summed E-state index contributed by atoms with van der Waals surface area (Å²) in [5, 5.41) is 1.17. The van der Waals surface area contributed by atoms with E-state index in [0.717, 1.165) is 37.9 Å². The minimum atomic E-state index is 0.0296. The molecule has 5 heteroatoms. The first-order valence-corrected chi connectivity index (χ1v) is 8.67. The highest BCUT2D eigenvalue weighted by molar-refractivity contribution is 5.93. The van der Waals surface area contributed by atoms with Gasteiger partial charge in [0.25, 0.3) is 5.91 Å². The fourth-order valence-electron chi connectivity index (χ4n) is 3.57. The number of hydrogen-bond donors (Lipinski definition) is 0. The minimum Gasteiger partial charge on any atom is -0.338 e. The number of amides is 1. The molecule has 4 rings (SSSR count). The molecule has 5 nitrogen and oxygen atoms in total. The van der Waals surface area contributed by atoms with Crippen LogP contribution in [0, 0.1) is 5.92 Å². The summed E-state index contributed by atoms with van der Waals surface area (Å²) in [5.74, 6) is 0.493. The lowest BCUT2D eigenvalue weighted by molar-refractivity contribution is 0.0672. The molecule has 1 aromatic carbocycles. The molecule has 2 aromatic heterocycles. The van der Waals surface area contributed by atoms with E-state index < -0.39 is 0 Å². The van der Waals surface area contributed by atoms with Crippen molar-refractivity contribution in [3.05, 3.63) is 66.4 Å². The van der Waals surface area contributed by atoms with E-state index in [-0.39, 0.29) is 5.91 Å². The maximum Gasteiger partial charge on any atom is 0.256 e. The van der Waals surface area contributed by atoms with E-state index in [4.69, 9.17) is 0 Å². The normalized spacial score (nSPS) is 17.6. The third kappa shape index (κ3) is 3.50. The third-order valence-corrected chi connectivity index (χ3v) is 4.79. The second-order valence-corrected chi connectivity index (χ2v) is 6.63. The number of piperidine rings is 1. The molecule has 1 fully saturated rings. The average Bonchev–Trinajstić information content (AvgIpc) is 2.68. The van der Waals surface area contributed by atoms with Crippen molar-refractivity contribution in [1.82, 2.24) is 19.9 Å². The number of benzene rings is 1. The van der Waals surface area contributed by atoms with Crippen molar-refractivity contribution in [2.45, 2.75) is 19.3 Å². The van der Waals surface area contributed by atoms with Crippen molar-refractivity contribution in [2.75, 3.05) is 13.1 Å². The molecule has 0 unspecified atom stereocenters. The minimum absolute atomic E-state index is 0.0296. The maximum atomic E-state index is 12.6. The van der Waals surface area contributed by atoms with Crippen molar-refractivity contribution in [3.63, 3.8) is 0 Å². The van der Waals surface area contributed by atoms with Crippen LogP contribution in [0.1, 0.15) is 28.8 Å². The molecule has 1 aliphatic rings. The Hall–Kier alpha value is -2.82. The Kier molecular flexibility index (Phi) is 4.37. The molecule has 126 valence electrons. The van der Waals surface area contributed by atoms with Gasteiger partial charge in [-0.3, -0.25) is 9.78 Å². The lowest BCUT2D eigenvalue weighted by Gasteiger charge is -2.32. The molecule has 1 atom stereocenters. The summed E-state index contributed by atoms with van der Waals surface area (Å²) in [6.07, 6.45) is 9.72. The number of pyridine rings is 1. The standard InChI is InChI=1S/C20H20N4O/c25-20(18-11-21-14-22-12-18)24-7-3-4-15(13-24)8-16-9-17-5-1-2-6-19(17)23-10-16/h1-2,5-6,9-12,14-15H,3-4,7-8,13H2/t15-/m1/s1. The highest BCUT2D eigenvalue weighted by Crippen LogP contribution is 2.23. The van der Waals surface area contributed by atoms with Gasteiger partial charge in [-0.05, 0) is 42.9 Å². The van der Waals surface area contributed by atoms with Gasteiger partial charge in [-0.15, -0.1) is 0 Å². The summed E-state index contributed by atoms with van der Waals surface area (Å²) in [4.78, 5) is 27.0. The Balaban J connectivity index is 1.46. The number of aromatic nitrogens is 3. The number of hydrogen-bond acceptors (Lipinski definition) is 4. The first-order chi connectivity index (χ1) is 12.3. The number of para-hydroxylation sites is 1. The highest BCUT2D eigenvalue weighted by atomic mass is 16.2. The number of likely N-dealkylation sites (tertiary alicyclic amines) is 1. The van der Waals surface area contributed by atoms with Gasteiger partial charge in [0.1, 0.15) is 6.33 Å². The van der Waals surface area contributed by atoms with Crippen LogP contribution in [0.25, 0.3) is 10.9 Å². The summed E-state index contributed by atoms with van der Waals surface area (Å²) in [6, 6.07) is 10.4. The first-order valence-electron chi connectivity index (χ1n) is 8.67. The molecular formula is C20H20N4O. The van der Waals surface area contributed by atoms with E-state index in [9.17, 15) is 4.79 Å². The van der Waals surface area contributed by atoms with Crippen LogP contribution >= 0.6 is 0 Å². The second kappa shape index (κ2) is 6.97. The average molecular weight is 332 g/mol. The number of carbonyl (C=O) groups excluding carboxylic acids is 1. The molecule has 1 amide bonds. The van der Waals surface area contributed by atoms with Crippen molar-refractivity contribution in [3.8, 4) is 0 Å². The predicted octanol–water partition coefficient (Wildman–Crippen LogP) is 3.12. The molecular weight excluding hydrogens is 312 g/mol. The van der Waals surface area contributed by atoms with Gasteiger partial charge in [0.05, 0.1) is 11.1 Å². The summed E-state index contributed by atoms with van der Waals surface area (Å²) >= 11 is 0. The molecule has 0 bridgehead atoms. The number of nitrogens with zero attached hydrogens (tertiary/aromatic N) is 4. The summed E-state index contributed by atoms with van der Waals surface area (Å²) < 4.78 is 0. The van der Waals surface area contributed by atoms with Gasteiger partial charge in [0.15, 0.2) is 0 Å². The molecule has 1 saturated heterocycles. The Labute approximate surface area is 146 Å². The topological polar surface area (TPSA) is 59.0 Å². The quantitative estimate of drug-likeness (QED) is 0.739. The number of carbonyl (C=O) groups is 1. The number of fused-ring (bicyclic) bond motifs is 1. The fraction of sp³-hybridized carbons (Fsp3) is 0.300. The highest BCUT2D eigenvalue weighted by Gasteiger charge is 2.25. The van der Waals surface area contributed by atoms with Crippen LogP contribution < -0.4 is 0 Å². The summed E-state index contributed by atoms with van der Waals surface area (Å²) in [6.45, 7) is 1.58. The predicted molar refractivity (Wildman–Crippen MR) is 96.1 cm³/mol. The van der Waals surface area contributed by atoms with Crippen LogP contribution in [0.4, 0.5) is 0 Å². The van der Waals surface area contributed by atoms with E-state index in [1.165, 1.54) is 17.3 Å². The van der Waals surface area contributed by atoms with E-state index in [1.807, 2.05) is 29.3 Å². The van der Waals surface area contributed by atoms with E-state index in [0.29, 0.717) is 11.5 Å². The summed E-state index contributed by atoms with van der Waals surface area (Å²) in [5.41, 5.74) is 2.83. The molecule has 1 aliphatic heterocycles. The monoisotopic (exact) mass is 332 g/mol. The molecule has 0 radical (unpaired) electrons. The Morgan fingerprint density at radius 3 is 2.88 bits per heavy atom. The van der Waals surface area contributed by atoms with Gasteiger partial charge in [-0.25, -0.2) is 9.97 Å². The lowest BCUT2D eigenvalue weighted by atomic mass is 9.91. The largest absolute Gasteiger partial charge is 0.338 e. The van der Waals surface area contributed by atoms with E-state index in [1.54, 1.807) is 12.4 Å². The zero-order chi connectivity index (χ0) is 17.1. The SMILES string of the molecule is O=C(c1cncnc1)N1CCC[C@H](Cc2cnc3ccccc3c2)C1. The van der Waals surface area contributed by atoms with Gasteiger partial charge in [-0.2, -0.15) is 0 Å². The van der Waals surface area contributed by atoms with E-state index in [2.05, 4.69) is 27.1 Å². The molecule has 3 heterocycles. The van der Waals surface area contributed by atoms with Crippen LogP contribution in [0.15, 0.2) is 55.2 Å². The van der Waals surface area contributed by atoms with Crippen LogP contribution in [-0.2, 0) is 6.42 Å². The van der Waals surface area contributed by atoms with Gasteiger partial charge in [-0.1, -0.05) is 18.2 Å². The molecule has 0 spiro atoms. The van der Waals surface area contributed by atoms with Crippen LogP contribution in [0.2, 0.25) is 0 Å². The van der Waals surface area contributed by atoms with Crippen molar-refractivity contribution < 1.29 is 4.79 Å². The van der Waals surface area contributed by atoms with Crippen molar-refractivity contribution in [2.24, 2.45) is 5.92 Å². The van der Waals surface area contributed by atoms with Gasteiger partial charge >= 0.3 is 0 Å². The smallest absolute Gasteiger partial charge is 0.256 e. The van der Waals surface area contributed by atoms with Gasteiger partial charge < -0.3 is 4.90 Å². The molecule has 3 aromatic rings. The van der Waals surface area contributed by atoms with Gasteiger partial charge in [0, 0.05) is 37.1 Å². The number of rotatable bonds is 3. The maximum absolute atomic E-state index is 12.6. The molecule has 0 aliphatic carbocycles. The lowest BCUT2D eigenvalue weighted by Crippen LogP contribution is -2.40. The Morgan fingerprint density at radius 2 is 2.00 bits per heavy atom. The molecule has 0 saturated carbocycles. The van der Waals surface area contributed by atoms with E-state index >= 15 is 0 Å². The molecule has 0 N–H and O–H groups in total. The fourth-order valence-corrected chi connectivity index (χ4v) is 3.57. The van der Waals surface area contributed by atoms with Crippen LogP contribution in [0.3, 0.4) is 0 Å². The first kappa shape index (κ1) is 15.7. The third-order valence-electron chi connectivity index (χ3n) is 4.79. The Bertz CT molecular complexity index is 881. The zero-order valence-corrected chi connectivity index (χ0v) is 14.0. The Morgan fingerprint density at radius 1 is 1.16 bits per heavy atom. The van der Waals surface area contributed by atoms with Crippen LogP contribution in [-0.4, -0.2) is 38.8 Å². The van der Waals surface area contributed by atoms with Gasteiger partial charge in [0.2, 0.25) is 0 Å². The van der Waals surface area contributed by atoms with Crippen molar-refractivity contribution >= 4 is 16.8 Å². The second-order valence-electron chi connectivity index (χ2n) is 6.63. The molecule has 25 heavy (non-hydrogen) atoms. The van der Waals surface area contributed by atoms with Crippen molar-refractivity contribution in [1.29, 1.82) is 0 Å². The summed E-state index contributed by atoms with van der Waals surface area (Å²) in [7, 11) is 0. The zero-order valence-electron chi connectivity index (χ0n) is 14.0. The van der Waals surface area contributed by atoms with Crippen LogP contribution in [0.5, 0.6) is 0 Å².